The minimum Gasteiger partial charge on any atom is -0.454 e. The van der Waals surface area contributed by atoms with Crippen molar-refractivity contribution in [1.82, 2.24) is 5.32 Å². The molecule has 2 rings (SSSR count). The van der Waals surface area contributed by atoms with E-state index in [4.69, 9.17) is 9.47 Å². The average molecular weight is 614 g/mol. The Hall–Kier alpha value is -2.54. The van der Waals surface area contributed by atoms with Gasteiger partial charge in [0.2, 0.25) is 6.79 Å². The Morgan fingerprint density at radius 1 is 0.684 bits per heavy atom. The monoisotopic (exact) mass is 613 g/mol. The SMILES string of the molecule is O=C(NCc1ccc2c(c1)OCO2)C(F)(F)C(F)(F)C(F)(F)C(F)(F)C(F)(F)C(F)(F)C(F)(F)C(F)(F)Cl. The average Bonchev–Trinajstić information content (AvgIpc) is 3.23. The number of ether oxygens (including phenoxy) is 2. The van der Waals surface area contributed by atoms with Crippen molar-refractivity contribution in [2.24, 2.45) is 0 Å². The van der Waals surface area contributed by atoms with E-state index >= 15 is 0 Å². The zero-order chi connectivity index (χ0) is 30.0. The molecule has 1 amide bonds. The van der Waals surface area contributed by atoms with E-state index in [1.54, 1.807) is 0 Å². The predicted molar refractivity (Wildman–Crippen MR) is 89.8 cm³/mol. The molecule has 0 aliphatic carbocycles. The van der Waals surface area contributed by atoms with Gasteiger partial charge in [0, 0.05) is 6.54 Å². The molecule has 0 aromatic heterocycles. The number of rotatable bonds is 10. The van der Waals surface area contributed by atoms with Gasteiger partial charge in [0.15, 0.2) is 11.5 Å². The highest BCUT2D eigenvalue weighted by atomic mass is 35.5. The van der Waals surface area contributed by atoms with Crippen LogP contribution in [0.4, 0.5) is 70.2 Å². The van der Waals surface area contributed by atoms with Crippen LogP contribution >= 0.6 is 11.6 Å². The predicted octanol–water partition coefficient (Wildman–Crippen LogP) is 6.31. The molecule has 1 aromatic carbocycles. The van der Waals surface area contributed by atoms with Crippen LogP contribution in [0.1, 0.15) is 5.56 Å². The zero-order valence-corrected chi connectivity index (χ0v) is 18.1. The summed E-state index contributed by atoms with van der Waals surface area (Å²) >= 11 is 3.44. The van der Waals surface area contributed by atoms with Gasteiger partial charge in [-0.3, -0.25) is 4.79 Å². The van der Waals surface area contributed by atoms with Gasteiger partial charge < -0.3 is 14.8 Å². The number of alkyl halides is 17. The Morgan fingerprint density at radius 3 is 1.58 bits per heavy atom. The van der Waals surface area contributed by atoms with Crippen molar-refractivity contribution in [1.29, 1.82) is 0 Å². The number of hydrogen-bond donors (Lipinski definition) is 1. The number of fused-ring (bicyclic) bond motifs is 1. The fourth-order valence-electron chi connectivity index (χ4n) is 2.65. The van der Waals surface area contributed by atoms with Crippen molar-refractivity contribution in [2.45, 2.75) is 53.4 Å². The number of nitrogens with one attached hydrogen (secondary N) is 1. The van der Waals surface area contributed by atoms with Crippen LogP contribution < -0.4 is 14.8 Å². The Bertz CT molecular complexity index is 1070. The fourth-order valence-corrected chi connectivity index (χ4v) is 2.77. The lowest BCUT2D eigenvalue weighted by Gasteiger charge is -2.42. The Kier molecular flexibility index (Phi) is 7.51. The largest absolute Gasteiger partial charge is 0.454 e. The second-order valence-electron chi connectivity index (χ2n) is 7.39. The van der Waals surface area contributed by atoms with E-state index < -0.39 is 59.3 Å². The summed E-state index contributed by atoms with van der Waals surface area (Å²) in [6.45, 7) is -1.59. The van der Waals surface area contributed by atoms with Crippen molar-refractivity contribution in [3.8, 4) is 11.5 Å². The zero-order valence-electron chi connectivity index (χ0n) is 17.3. The summed E-state index contributed by atoms with van der Waals surface area (Å²) in [4.78, 5) is 11.5. The Morgan fingerprint density at radius 2 is 1.11 bits per heavy atom. The van der Waals surface area contributed by atoms with Crippen LogP contribution in [-0.2, 0) is 11.3 Å². The number of benzene rings is 1. The first-order valence-corrected chi connectivity index (χ1v) is 9.48. The van der Waals surface area contributed by atoms with Gasteiger partial charge in [-0.05, 0) is 29.3 Å². The topological polar surface area (TPSA) is 47.6 Å². The molecule has 0 spiro atoms. The lowest BCUT2D eigenvalue weighted by atomic mass is 9.89. The van der Waals surface area contributed by atoms with Crippen LogP contribution in [0.5, 0.6) is 11.5 Å². The molecule has 218 valence electrons. The molecule has 0 atom stereocenters. The molecule has 1 aromatic rings. The van der Waals surface area contributed by atoms with E-state index in [1.165, 1.54) is 0 Å². The van der Waals surface area contributed by atoms with Gasteiger partial charge in [-0.15, -0.1) is 0 Å². The molecule has 0 bridgehead atoms. The molecule has 38 heavy (non-hydrogen) atoms. The number of carbonyl (C=O) groups is 1. The molecule has 0 fully saturated rings. The molecule has 21 heteroatoms. The van der Waals surface area contributed by atoms with Gasteiger partial charge in [-0.1, -0.05) is 6.07 Å². The maximum absolute atomic E-state index is 13.9. The molecule has 0 unspecified atom stereocenters. The molecule has 4 nitrogen and oxygen atoms in total. The van der Waals surface area contributed by atoms with Gasteiger partial charge in [0.1, 0.15) is 0 Å². The summed E-state index contributed by atoms with van der Waals surface area (Å²) in [7, 11) is 0. The molecule has 1 aliphatic rings. The highest BCUT2D eigenvalue weighted by Gasteiger charge is 2.95. The first kappa shape index (κ1) is 31.7. The van der Waals surface area contributed by atoms with Crippen LogP contribution in [0.25, 0.3) is 0 Å². The molecule has 1 aliphatic heterocycles. The van der Waals surface area contributed by atoms with E-state index in [2.05, 4.69) is 11.6 Å². The van der Waals surface area contributed by atoms with Gasteiger partial charge >= 0.3 is 46.8 Å². The second-order valence-corrected chi connectivity index (χ2v) is 7.86. The number of hydrogen-bond acceptors (Lipinski definition) is 3. The van der Waals surface area contributed by atoms with E-state index in [0.29, 0.717) is 0 Å². The first-order chi connectivity index (χ1) is 16.7. The summed E-state index contributed by atoms with van der Waals surface area (Å²) in [5, 5.41) is -6.01. The minimum atomic E-state index is -8.64. The molecular weight excluding hydrogens is 606 g/mol. The van der Waals surface area contributed by atoms with Crippen LogP contribution in [0.15, 0.2) is 18.2 Å². The van der Waals surface area contributed by atoms with Crippen LogP contribution in [0.2, 0.25) is 0 Å². The van der Waals surface area contributed by atoms with Gasteiger partial charge in [-0.25, -0.2) is 0 Å². The van der Waals surface area contributed by atoms with Crippen molar-refractivity contribution < 1.29 is 84.5 Å². The second kappa shape index (κ2) is 9.00. The third kappa shape index (κ3) is 4.31. The summed E-state index contributed by atoms with van der Waals surface area (Å²) in [6.07, 6.45) is 0. The molecule has 1 N–H and O–H groups in total. The lowest BCUT2D eigenvalue weighted by Crippen LogP contribution is -2.75. The van der Waals surface area contributed by atoms with Gasteiger partial charge in [0.25, 0.3) is 5.91 Å². The molecular formula is C17H8ClF16NO3. The summed E-state index contributed by atoms with van der Waals surface area (Å²) in [5.74, 6) is -60.6. The normalized spacial score (nSPS) is 16.0. The first-order valence-electron chi connectivity index (χ1n) is 9.10. The molecule has 0 radical (unpaired) electrons. The minimum absolute atomic E-state index is 0.0639. The van der Waals surface area contributed by atoms with Crippen LogP contribution in [-0.4, -0.2) is 59.5 Å². The van der Waals surface area contributed by atoms with Crippen molar-refractivity contribution in [3.63, 3.8) is 0 Å². The number of halogens is 17. The standard InChI is InChI=1S/C17H8ClF16NO3/c18-17(33,34)16(31,32)15(29,30)14(27,28)13(25,26)12(23,24)11(21,22)10(19,20)9(36)35-4-6-1-2-7-8(3-6)38-5-37-7/h1-3H,4-5H2,(H,35,36). The Labute approximate surface area is 203 Å². The van der Waals surface area contributed by atoms with E-state index in [0.717, 1.165) is 23.5 Å². The van der Waals surface area contributed by atoms with Crippen molar-refractivity contribution >= 4 is 17.5 Å². The highest BCUT2D eigenvalue weighted by molar-refractivity contribution is 6.22. The van der Waals surface area contributed by atoms with E-state index in [1.807, 2.05) is 0 Å². The van der Waals surface area contributed by atoms with Crippen molar-refractivity contribution in [2.75, 3.05) is 6.79 Å². The van der Waals surface area contributed by atoms with Crippen LogP contribution in [0, 0.1) is 0 Å². The lowest BCUT2D eigenvalue weighted by molar-refractivity contribution is -0.446. The summed E-state index contributed by atoms with van der Waals surface area (Å²) in [5.41, 5.74) is -0.297. The van der Waals surface area contributed by atoms with Gasteiger partial charge in [0.05, 0.1) is 0 Å². The number of amides is 1. The molecule has 1 heterocycles. The highest BCUT2D eigenvalue weighted by Crippen LogP contribution is 2.64. The van der Waals surface area contributed by atoms with E-state index in [9.17, 15) is 75.0 Å². The van der Waals surface area contributed by atoms with Gasteiger partial charge in [-0.2, -0.15) is 70.2 Å². The Balaban J connectivity index is 2.40. The summed E-state index contributed by atoms with van der Waals surface area (Å²) < 4.78 is 225. The molecule has 0 saturated carbocycles. The molecule has 0 saturated heterocycles. The maximum atomic E-state index is 13.9. The quantitative estimate of drug-likeness (QED) is 0.249. The van der Waals surface area contributed by atoms with Crippen molar-refractivity contribution in [3.05, 3.63) is 23.8 Å². The van der Waals surface area contributed by atoms with E-state index in [-0.39, 0.29) is 23.9 Å². The third-order valence-corrected chi connectivity index (χ3v) is 5.13. The third-order valence-electron chi connectivity index (χ3n) is 4.90. The number of carbonyl (C=O) groups excluding carboxylic acids is 1. The maximum Gasteiger partial charge on any atom is 0.393 e. The fraction of sp³-hybridized carbons (Fsp3) is 0.588. The smallest absolute Gasteiger partial charge is 0.393 e. The summed E-state index contributed by atoms with van der Waals surface area (Å²) in [6, 6.07) is 2.97. The van der Waals surface area contributed by atoms with Crippen LogP contribution in [0.3, 0.4) is 0 Å².